The molecular formula is C31H46N2O7S. The number of aliphatic hydroxyl groups excluding tert-OH is 1. The van der Waals surface area contributed by atoms with E-state index >= 15 is 0 Å². The molecular weight excluding hydrogens is 544 g/mol. The lowest BCUT2D eigenvalue weighted by atomic mass is 9.78. The van der Waals surface area contributed by atoms with Crippen LogP contribution in [0.4, 0.5) is 0 Å². The van der Waals surface area contributed by atoms with Crippen molar-refractivity contribution in [3.8, 4) is 0 Å². The van der Waals surface area contributed by atoms with E-state index in [0.717, 1.165) is 5.56 Å². The highest BCUT2D eigenvalue weighted by atomic mass is 32.2. The lowest BCUT2D eigenvalue weighted by Gasteiger charge is -2.34. The minimum atomic E-state index is -4.06. The summed E-state index contributed by atoms with van der Waals surface area (Å²) >= 11 is 0. The molecule has 0 aliphatic heterocycles. The fourth-order valence-corrected chi connectivity index (χ4v) is 6.01. The fourth-order valence-electron chi connectivity index (χ4n) is 4.29. The fraction of sp³-hybridized carbons (Fsp3) is 0.548. The quantitative estimate of drug-likeness (QED) is 0.240. The third kappa shape index (κ3) is 10.9. The van der Waals surface area contributed by atoms with Crippen LogP contribution in [0.1, 0.15) is 65.5 Å². The van der Waals surface area contributed by atoms with E-state index in [-0.39, 0.29) is 44.9 Å². The molecule has 0 fully saturated rings. The summed E-state index contributed by atoms with van der Waals surface area (Å²) in [7, 11) is -4.06. The lowest BCUT2D eigenvalue weighted by Crippen LogP contribution is -2.54. The van der Waals surface area contributed by atoms with Gasteiger partial charge in [0.1, 0.15) is 12.2 Å². The average Bonchev–Trinajstić information content (AvgIpc) is 2.89. The van der Waals surface area contributed by atoms with Gasteiger partial charge in [-0.05, 0) is 51.2 Å². The first-order valence-electron chi connectivity index (χ1n) is 13.9. The molecule has 0 saturated heterocycles. The Bertz CT molecular complexity index is 1230. The van der Waals surface area contributed by atoms with Gasteiger partial charge in [0.05, 0.1) is 17.6 Å². The van der Waals surface area contributed by atoms with E-state index in [2.05, 4.69) is 4.72 Å². The minimum Gasteiger partial charge on any atom is -0.460 e. The lowest BCUT2D eigenvalue weighted by molar-refractivity contribution is -0.159. The molecule has 0 aliphatic carbocycles. The van der Waals surface area contributed by atoms with Gasteiger partial charge in [0, 0.05) is 25.9 Å². The summed E-state index contributed by atoms with van der Waals surface area (Å²) in [5.74, 6) is -1.19. The number of rotatable bonds is 17. The second-order valence-electron chi connectivity index (χ2n) is 12.4. The monoisotopic (exact) mass is 590 g/mol. The van der Waals surface area contributed by atoms with Gasteiger partial charge in [-0.15, -0.1) is 0 Å². The molecule has 9 nitrogen and oxygen atoms in total. The maximum atomic E-state index is 13.7. The van der Waals surface area contributed by atoms with Crippen molar-refractivity contribution in [1.82, 2.24) is 9.03 Å². The summed E-state index contributed by atoms with van der Waals surface area (Å²) in [4.78, 5) is 26.7. The number of hydrogen-bond acceptors (Lipinski definition) is 7. The molecule has 0 heterocycles. The van der Waals surface area contributed by atoms with Gasteiger partial charge >= 0.3 is 5.97 Å². The van der Waals surface area contributed by atoms with Crippen LogP contribution in [-0.2, 0) is 37.6 Å². The molecule has 1 unspecified atom stereocenters. The molecule has 0 aromatic heterocycles. The topological polar surface area (TPSA) is 133 Å². The number of nitrogens with one attached hydrogen (secondary N) is 1. The molecule has 2 rings (SSSR count). The van der Waals surface area contributed by atoms with E-state index in [1.165, 1.54) is 4.31 Å². The zero-order valence-electron chi connectivity index (χ0n) is 25.1. The predicted molar refractivity (Wildman–Crippen MR) is 159 cm³/mol. The molecule has 10 heteroatoms. The van der Waals surface area contributed by atoms with Crippen molar-refractivity contribution in [3.63, 3.8) is 0 Å². The Morgan fingerprint density at radius 1 is 0.951 bits per heavy atom. The average molecular weight is 591 g/mol. The summed E-state index contributed by atoms with van der Waals surface area (Å²) in [6, 6.07) is 18.2. The van der Waals surface area contributed by atoms with Gasteiger partial charge in [0.25, 0.3) is 10.2 Å². The molecule has 0 spiro atoms. The van der Waals surface area contributed by atoms with Gasteiger partial charge in [-0.25, -0.2) is 0 Å². The van der Waals surface area contributed by atoms with Gasteiger partial charge in [0.2, 0.25) is 0 Å². The van der Waals surface area contributed by atoms with E-state index in [4.69, 9.17) is 4.74 Å². The number of carbonyl (C=O) groups excluding carboxylic acids is 2. The zero-order valence-corrected chi connectivity index (χ0v) is 25.9. The van der Waals surface area contributed by atoms with Crippen molar-refractivity contribution in [1.29, 1.82) is 0 Å². The largest absolute Gasteiger partial charge is 0.460 e. The van der Waals surface area contributed by atoms with Crippen LogP contribution in [0.5, 0.6) is 0 Å². The Hall–Kier alpha value is -2.63. The van der Waals surface area contributed by atoms with Crippen molar-refractivity contribution in [2.45, 2.75) is 78.6 Å². The first-order chi connectivity index (χ1) is 19.0. The number of benzene rings is 2. The molecule has 41 heavy (non-hydrogen) atoms. The van der Waals surface area contributed by atoms with Crippen LogP contribution in [0.2, 0.25) is 0 Å². The van der Waals surface area contributed by atoms with Crippen molar-refractivity contribution < 1.29 is 33.0 Å². The van der Waals surface area contributed by atoms with Crippen molar-refractivity contribution in [3.05, 3.63) is 71.8 Å². The number of ketones is 1. The first-order valence-corrected chi connectivity index (χ1v) is 15.3. The second kappa shape index (κ2) is 14.5. The summed E-state index contributed by atoms with van der Waals surface area (Å²) in [5, 5.41) is 21.4. The van der Waals surface area contributed by atoms with Crippen molar-refractivity contribution in [2.24, 2.45) is 11.3 Å². The number of carbonyl (C=O) groups is 2. The van der Waals surface area contributed by atoms with Gasteiger partial charge in [0.15, 0.2) is 5.78 Å². The Morgan fingerprint density at radius 3 is 2.00 bits per heavy atom. The van der Waals surface area contributed by atoms with E-state index in [9.17, 15) is 28.2 Å². The zero-order chi connectivity index (χ0) is 30.9. The third-order valence-electron chi connectivity index (χ3n) is 6.71. The molecule has 2 aromatic carbocycles. The van der Waals surface area contributed by atoms with Gasteiger partial charge in [-0.2, -0.15) is 17.4 Å². The predicted octanol–water partition coefficient (Wildman–Crippen LogP) is 3.64. The van der Waals surface area contributed by atoms with Gasteiger partial charge in [-0.3, -0.25) is 9.59 Å². The second-order valence-corrected chi connectivity index (χ2v) is 14.1. The maximum Gasteiger partial charge on any atom is 0.312 e. The number of esters is 1. The number of nitrogens with zero attached hydrogens (tertiary/aromatic N) is 1. The Morgan fingerprint density at radius 2 is 1.49 bits per heavy atom. The van der Waals surface area contributed by atoms with Crippen LogP contribution >= 0.6 is 0 Å². The highest BCUT2D eigenvalue weighted by Crippen LogP contribution is 2.30. The normalized spacial score (nSPS) is 14.2. The summed E-state index contributed by atoms with van der Waals surface area (Å²) in [6.07, 6.45) is -0.535. The van der Waals surface area contributed by atoms with Crippen LogP contribution in [0.15, 0.2) is 60.7 Å². The van der Waals surface area contributed by atoms with Crippen LogP contribution in [0.25, 0.3) is 0 Å². The maximum absolute atomic E-state index is 13.7. The van der Waals surface area contributed by atoms with E-state index in [0.29, 0.717) is 5.56 Å². The van der Waals surface area contributed by atoms with E-state index in [1.54, 1.807) is 52.0 Å². The van der Waals surface area contributed by atoms with Gasteiger partial charge in [-0.1, -0.05) is 74.5 Å². The number of hydrogen-bond donors (Lipinski definition) is 3. The Kier molecular flexibility index (Phi) is 12.2. The molecule has 0 radical (unpaired) electrons. The van der Waals surface area contributed by atoms with Crippen molar-refractivity contribution >= 4 is 22.0 Å². The highest BCUT2D eigenvalue weighted by molar-refractivity contribution is 7.87. The standard InChI is InChI=1S/C31H46N2O7S/c1-24(2)21-33(41(38,39)32-30(5,6)23-34)18-17-31(37,19-25-13-9-7-10-14-25)27(35)20-29(3,4)28(36)40-22-26-15-11-8-12-16-26/h7-16,24,32,34,37H,17-23H2,1-6H3. The molecule has 0 amide bonds. The molecule has 0 aliphatic rings. The van der Waals surface area contributed by atoms with Crippen LogP contribution in [0.3, 0.4) is 0 Å². The number of Topliss-reactive ketones (excluding diaryl/α,β-unsaturated/α-hetero) is 1. The van der Waals surface area contributed by atoms with Crippen LogP contribution in [0, 0.1) is 11.3 Å². The highest BCUT2D eigenvalue weighted by Gasteiger charge is 2.43. The summed E-state index contributed by atoms with van der Waals surface area (Å²) in [5.41, 5.74) is -2.77. The SMILES string of the molecule is CC(C)CN(CCC(O)(Cc1ccccc1)C(=O)CC(C)(C)C(=O)OCc1ccccc1)S(=O)(=O)NC(C)(C)CO. The van der Waals surface area contributed by atoms with Crippen LogP contribution < -0.4 is 4.72 Å². The smallest absolute Gasteiger partial charge is 0.312 e. The van der Waals surface area contributed by atoms with Gasteiger partial charge < -0.3 is 14.9 Å². The number of ether oxygens (including phenoxy) is 1. The summed E-state index contributed by atoms with van der Waals surface area (Å²) < 4.78 is 35.7. The molecule has 0 bridgehead atoms. The first kappa shape index (κ1) is 34.6. The Balaban J connectivity index is 2.28. The number of aliphatic hydroxyl groups is 2. The van der Waals surface area contributed by atoms with Crippen molar-refractivity contribution in [2.75, 3.05) is 19.7 Å². The van der Waals surface area contributed by atoms with E-state index in [1.807, 2.05) is 50.2 Å². The molecule has 2 aromatic rings. The molecule has 0 saturated carbocycles. The Labute approximate surface area is 245 Å². The minimum absolute atomic E-state index is 0.0416. The molecule has 1 atom stereocenters. The molecule has 228 valence electrons. The molecule has 3 N–H and O–H groups in total. The summed E-state index contributed by atoms with van der Waals surface area (Å²) in [6.45, 7) is 9.69. The third-order valence-corrected chi connectivity index (χ3v) is 8.53. The van der Waals surface area contributed by atoms with Crippen LogP contribution in [-0.4, -0.2) is 65.5 Å². The van der Waals surface area contributed by atoms with E-state index < -0.39 is 45.1 Å².